The molecule has 0 aliphatic rings. The Morgan fingerprint density at radius 3 is 2.93 bits per heavy atom. The molecule has 5 heteroatoms. The van der Waals surface area contributed by atoms with E-state index in [1.165, 1.54) is 11.5 Å². The van der Waals surface area contributed by atoms with Crippen LogP contribution >= 0.6 is 27.5 Å². The van der Waals surface area contributed by atoms with Gasteiger partial charge in [0, 0.05) is 4.47 Å². The zero-order chi connectivity index (χ0) is 10.7. The van der Waals surface area contributed by atoms with Crippen LogP contribution in [0.15, 0.2) is 34.8 Å². The van der Waals surface area contributed by atoms with Gasteiger partial charge in [-0.3, -0.25) is 0 Å². The third-order valence-electron chi connectivity index (χ3n) is 1.75. The fourth-order valence-corrected chi connectivity index (χ4v) is 2.05. The van der Waals surface area contributed by atoms with E-state index in [0.717, 1.165) is 15.1 Å². The molecule has 0 aliphatic heterocycles. The van der Waals surface area contributed by atoms with E-state index in [1.807, 2.05) is 30.3 Å². The van der Waals surface area contributed by atoms with Crippen LogP contribution in [-0.2, 0) is 6.61 Å². The molecule has 1 aromatic heterocycles. The summed E-state index contributed by atoms with van der Waals surface area (Å²) in [6, 6.07) is 9.54. The highest BCUT2D eigenvalue weighted by Crippen LogP contribution is 2.20. The number of hydrogen-bond donors (Lipinski definition) is 1. The average molecular weight is 285 g/mol. The number of anilines is 1. The summed E-state index contributed by atoms with van der Waals surface area (Å²) in [6.07, 6.45) is 0. The molecule has 2 rings (SSSR count). The van der Waals surface area contributed by atoms with Gasteiger partial charge >= 0.3 is 0 Å². The summed E-state index contributed by atoms with van der Waals surface area (Å²) in [4.78, 5) is 1.02. The van der Waals surface area contributed by atoms with Crippen molar-refractivity contribution in [1.82, 2.24) is 4.37 Å². The van der Waals surface area contributed by atoms with Crippen molar-refractivity contribution >= 4 is 33.3 Å². The summed E-state index contributed by atoms with van der Waals surface area (Å²) >= 11 is 4.74. The van der Waals surface area contributed by atoms with E-state index >= 15 is 0 Å². The Bertz CT molecular complexity index is 458. The minimum atomic E-state index is 0.505. The van der Waals surface area contributed by atoms with Gasteiger partial charge in [0.25, 0.3) is 0 Å². The van der Waals surface area contributed by atoms with Crippen LogP contribution in [0.4, 0.5) is 5.82 Å². The second-order valence-corrected chi connectivity index (χ2v) is 4.77. The summed E-state index contributed by atoms with van der Waals surface area (Å²) in [7, 11) is 0. The quantitative estimate of drug-likeness (QED) is 0.942. The Hall–Kier alpha value is -1.07. The highest BCUT2D eigenvalue weighted by molar-refractivity contribution is 9.10. The maximum absolute atomic E-state index is 5.57. The van der Waals surface area contributed by atoms with E-state index in [0.29, 0.717) is 12.4 Å². The number of ether oxygens (including phenoxy) is 1. The van der Waals surface area contributed by atoms with E-state index < -0.39 is 0 Å². The lowest BCUT2D eigenvalue weighted by Gasteiger charge is -2.03. The molecule has 0 saturated heterocycles. The highest BCUT2D eigenvalue weighted by Gasteiger charge is 2.00. The van der Waals surface area contributed by atoms with Crippen LogP contribution in [0.5, 0.6) is 5.75 Å². The summed E-state index contributed by atoms with van der Waals surface area (Å²) in [6.45, 7) is 0.505. The zero-order valence-electron chi connectivity index (χ0n) is 7.81. The number of benzene rings is 1. The molecule has 15 heavy (non-hydrogen) atoms. The molecule has 1 heterocycles. The molecule has 3 nitrogen and oxygen atoms in total. The van der Waals surface area contributed by atoms with Crippen molar-refractivity contribution < 1.29 is 4.74 Å². The molecule has 0 atom stereocenters. The Balaban J connectivity index is 1.99. The Morgan fingerprint density at radius 1 is 1.40 bits per heavy atom. The maximum Gasteiger partial charge on any atom is 0.137 e. The van der Waals surface area contributed by atoms with E-state index in [1.54, 1.807) is 0 Å². The first-order chi connectivity index (χ1) is 7.24. The van der Waals surface area contributed by atoms with Gasteiger partial charge in [0.1, 0.15) is 18.2 Å². The molecule has 78 valence electrons. The minimum Gasteiger partial charge on any atom is -0.488 e. The SMILES string of the molecule is Nc1cc(COc2cccc(Br)c2)sn1. The molecule has 2 N–H and O–H groups in total. The summed E-state index contributed by atoms with van der Waals surface area (Å²) < 4.78 is 10.6. The maximum atomic E-state index is 5.57. The van der Waals surface area contributed by atoms with Crippen molar-refractivity contribution in [2.45, 2.75) is 6.61 Å². The van der Waals surface area contributed by atoms with Gasteiger partial charge in [0.15, 0.2) is 0 Å². The van der Waals surface area contributed by atoms with Crippen LogP contribution in [-0.4, -0.2) is 4.37 Å². The van der Waals surface area contributed by atoms with Crippen molar-refractivity contribution in [1.29, 1.82) is 0 Å². The van der Waals surface area contributed by atoms with E-state index in [9.17, 15) is 0 Å². The standard InChI is InChI=1S/C10H9BrN2OS/c11-7-2-1-3-8(4-7)14-6-9-5-10(12)13-15-9/h1-5H,6H2,(H2,12,13). The zero-order valence-corrected chi connectivity index (χ0v) is 10.2. The molecule has 0 saturated carbocycles. The molecule has 0 fully saturated rings. The van der Waals surface area contributed by atoms with Crippen LogP contribution in [0.25, 0.3) is 0 Å². The number of aromatic nitrogens is 1. The lowest BCUT2D eigenvalue weighted by Crippen LogP contribution is -1.92. The number of rotatable bonds is 3. The second-order valence-electron chi connectivity index (χ2n) is 2.96. The average Bonchev–Trinajstić information content (AvgIpc) is 2.62. The van der Waals surface area contributed by atoms with E-state index in [4.69, 9.17) is 10.5 Å². The van der Waals surface area contributed by atoms with Crippen LogP contribution in [0.2, 0.25) is 0 Å². The number of nitrogens with zero attached hydrogens (tertiary/aromatic N) is 1. The molecule has 0 bridgehead atoms. The second kappa shape index (κ2) is 4.63. The van der Waals surface area contributed by atoms with Crippen LogP contribution in [0, 0.1) is 0 Å². The predicted octanol–water partition coefficient (Wildman–Crippen LogP) is 3.07. The van der Waals surface area contributed by atoms with Gasteiger partial charge in [-0.1, -0.05) is 22.0 Å². The Morgan fingerprint density at radius 2 is 2.27 bits per heavy atom. The van der Waals surface area contributed by atoms with Crippen molar-refractivity contribution in [3.05, 3.63) is 39.7 Å². The first-order valence-electron chi connectivity index (χ1n) is 4.33. The monoisotopic (exact) mass is 284 g/mol. The first-order valence-corrected chi connectivity index (χ1v) is 5.90. The van der Waals surface area contributed by atoms with Crippen LogP contribution in [0.3, 0.4) is 0 Å². The van der Waals surface area contributed by atoms with Gasteiger partial charge in [-0.15, -0.1) is 0 Å². The topological polar surface area (TPSA) is 48.1 Å². The first kappa shape index (κ1) is 10.4. The van der Waals surface area contributed by atoms with Gasteiger partial charge < -0.3 is 10.5 Å². The minimum absolute atomic E-state index is 0.505. The third kappa shape index (κ3) is 2.94. The lowest BCUT2D eigenvalue weighted by molar-refractivity contribution is 0.309. The summed E-state index contributed by atoms with van der Waals surface area (Å²) in [5.74, 6) is 1.38. The molecule has 0 amide bonds. The van der Waals surface area contributed by atoms with Gasteiger partial charge in [-0.05, 0) is 35.8 Å². The predicted molar refractivity (Wildman–Crippen MR) is 65.0 cm³/mol. The van der Waals surface area contributed by atoms with Crippen LogP contribution < -0.4 is 10.5 Å². The third-order valence-corrected chi connectivity index (χ3v) is 3.02. The van der Waals surface area contributed by atoms with Crippen molar-refractivity contribution in [2.24, 2.45) is 0 Å². The number of hydrogen-bond acceptors (Lipinski definition) is 4. The molecular formula is C10H9BrN2OS. The van der Waals surface area contributed by atoms with E-state index in [2.05, 4.69) is 20.3 Å². The molecule has 0 unspecified atom stereocenters. The smallest absolute Gasteiger partial charge is 0.137 e. The van der Waals surface area contributed by atoms with Gasteiger partial charge in [0.2, 0.25) is 0 Å². The summed E-state index contributed by atoms with van der Waals surface area (Å²) in [5.41, 5.74) is 5.51. The van der Waals surface area contributed by atoms with E-state index in [-0.39, 0.29) is 0 Å². The molecule has 2 aromatic rings. The van der Waals surface area contributed by atoms with Gasteiger partial charge in [0.05, 0.1) is 4.88 Å². The van der Waals surface area contributed by atoms with Crippen molar-refractivity contribution in [3.63, 3.8) is 0 Å². The fraction of sp³-hybridized carbons (Fsp3) is 0.100. The van der Waals surface area contributed by atoms with Crippen molar-refractivity contribution in [2.75, 3.05) is 5.73 Å². The summed E-state index contributed by atoms with van der Waals surface area (Å²) in [5, 5.41) is 0. The largest absolute Gasteiger partial charge is 0.488 e. The van der Waals surface area contributed by atoms with Crippen molar-refractivity contribution in [3.8, 4) is 5.75 Å². The highest BCUT2D eigenvalue weighted by atomic mass is 79.9. The normalized spacial score (nSPS) is 10.2. The fourth-order valence-electron chi connectivity index (χ4n) is 1.11. The molecular weight excluding hydrogens is 276 g/mol. The number of halogens is 1. The van der Waals surface area contributed by atoms with Gasteiger partial charge in [-0.2, -0.15) is 4.37 Å². The van der Waals surface area contributed by atoms with Gasteiger partial charge in [-0.25, -0.2) is 0 Å². The molecule has 0 aliphatic carbocycles. The number of nitrogens with two attached hydrogens (primary N) is 1. The Kier molecular flexibility index (Phi) is 3.23. The lowest BCUT2D eigenvalue weighted by atomic mass is 10.3. The van der Waals surface area contributed by atoms with Crippen LogP contribution in [0.1, 0.15) is 4.88 Å². The molecule has 1 aromatic carbocycles. The molecule has 0 spiro atoms. The number of nitrogen functional groups attached to an aromatic ring is 1. The molecule has 0 radical (unpaired) electrons. The Labute approximate surface area is 100 Å².